The van der Waals surface area contributed by atoms with E-state index in [2.05, 4.69) is 0 Å². The maximum absolute atomic E-state index is 13.6. The van der Waals surface area contributed by atoms with Crippen LogP contribution in [0.15, 0.2) is 18.2 Å². The van der Waals surface area contributed by atoms with E-state index in [1.54, 1.807) is 0 Å². The fourth-order valence-electron chi connectivity index (χ4n) is 2.72. The summed E-state index contributed by atoms with van der Waals surface area (Å²) < 4.78 is 56.7. The van der Waals surface area contributed by atoms with E-state index in [4.69, 9.17) is 10.00 Å². The Morgan fingerprint density at radius 2 is 2.09 bits per heavy atom. The van der Waals surface area contributed by atoms with E-state index in [1.165, 1.54) is 12.1 Å². The lowest BCUT2D eigenvalue weighted by molar-refractivity contribution is -0.189. The van der Waals surface area contributed by atoms with Crippen molar-refractivity contribution in [1.82, 2.24) is 0 Å². The highest BCUT2D eigenvalue weighted by Gasteiger charge is 2.43. The first kappa shape index (κ1) is 17.3. The van der Waals surface area contributed by atoms with Crippen LogP contribution in [0.1, 0.15) is 36.8 Å². The summed E-state index contributed by atoms with van der Waals surface area (Å²) in [6.07, 6.45) is -3.93. The molecule has 1 aliphatic carbocycles. The lowest BCUT2D eigenvalue weighted by atomic mass is 9.81. The first-order chi connectivity index (χ1) is 10.8. The van der Waals surface area contributed by atoms with E-state index in [0.29, 0.717) is 12.8 Å². The van der Waals surface area contributed by atoms with E-state index in [1.807, 2.05) is 6.07 Å². The van der Waals surface area contributed by atoms with Crippen LogP contribution in [0.2, 0.25) is 0 Å². The van der Waals surface area contributed by atoms with Gasteiger partial charge in [0, 0.05) is 5.56 Å². The normalized spacial score (nSPS) is 21.5. The largest absolute Gasteiger partial charge is 0.460 e. The van der Waals surface area contributed by atoms with Gasteiger partial charge < -0.3 is 4.74 Å². The molecule has 0 N–H and O–H groups in total. The molecule has 0 radical (unpaired) electrons. The Morgan fingerprint density at radius 1 is 1.35 bits per heavy atom. The molecule has 0 spiro atoms. The molecule has 2 unspecified atom stereocenters. The minimum atomic E-state index is -4.31. The first-order valence-electron chi connectivity index (χ1n) is 7.23. The van der Waals surface area contributed by atoms with E-state index < -0.39 is 36.4 Å². The summed E-state index contributed by atoms with van der Waals surface area (Å²) in [4.78, 5) is 11.9. The van der Waals surface area contributed by atoms with Gasteiger partial charge in [-0.05, 0) is 37.5 Å². The van der Waals surface area contributed by atoms with Gasteiger partial charge in [0.15, 0.2) is 0 Å². The minimum Gasteiger partial charge on any atom is -0.460 e. The molecular weight excluding hydrogens is 314 g/mol. The number of carbonyl (C=O) groups is 1. The molecule has 0 saturated heterocycles. The number of halogens is 4. The van der Waals surface area contributed by atoms with Crippen LogP contribution in [0.4, 0.5) is 17.6 Å². The number of alkyl halides is 3. The Bertz CT molecular complexity index is 621. The van der Waals surface area contributed by atoms with Crippen LogP contribution >= 0.6 is 0 Å². The van der Waals surface area contributed by atoms with Gasteiger partial charge in [0.25, 0.3) is 0 Å². The Kier molecular flexibility index (Phi) is 5.24. The predicted molar refractivity (Wildman–Crippen MR) is 72.4 cm³/mol. The maximum atomic E-state index is 13.6. The van der Waals surface area contributed by atoms with Gasteiger partial charge in [-0.2, -0.15) is 18.4 Å². The second-order valence-electron chi connectivity index (χ2n) is 5.63. The van der Waals surface area contributed by atoms with Gasteiger partial charge in [-0.1, -0.05) is 6.42 Å². The molecule has 1 aromatic rings. The number of ether oxygens (including phenoxy) is 1. The van der Waals surface area contributed by atoms with Crippen molar-refractivity contribution in [2.45, 2.75) is 38.5 Å². The third-order valence-corrected chi connectivity index (χ3v) is 4.02. The van der Waals surface area contributed by atoms with Crippen molar-refractivity contribution in [3.8, 4) is 6.07 Å². The summed E-state index contributed by atoms with van der Waals surface area (Å²) in [5.74, 6) is -3.70. The fourth-order valence-corrected chi connectivity index (χ4v) is 2.72. The van der Waals surface area contributed by atoms with E-state index in [0.717, 1.165) is 6.07 Å². The molecule has 0 heterocycles. The second kappa shape index (κ2) is 6.99. The van der Waals surface area contributed by atoms with Crippen molar-refractivity contribution in [2.24, 2.45) is 11.8 Å². The quantitative estimate of drug-likeness (QED) is 0.619. The average Bonchev–Trinajstić information content (AvgIpc) is 2.53. The van der Waals surface area contributed by atoms with Gasteiger partial charge in [-0.3, -0.25) is 4.79 Å². The molecule has 0 aliphatic heterocycles. The van der Waals surface area contributed by atoms with Gasteiger partial charge in [-0.25, -0.2) is 4.39 Å². The van der Waals surface area contributed by atoms with Crippen LogP contribution in [0.3, 0.4) is 0 Å². The molecule has 23 heavy (non-hydrogen) atoms. The number of nitriles is 1. The molecular formula is C16H15F4NO2. The summed E-state index contributed by atoms with van der Waals surface area (Å²) in [6, 6.07) is 5.46. The van der Waals surface area contributed by atoms with E-state index >= 15 is 0 Å². The topological polar surface area (TPSA) is 50.1 Å². The average molecular weight is 329 g/mol. The molecule has 0 amide bonds. The third kappa shape index (κ3) is 4.44. The molecule has 2 atom stereocenters. The van der Waals surface area contributed by atoms with Crippen LogP contribution in [0, 0.1) is 29.0 Å². The van der Waals surface area contributed by atoms with Gasteiger partial charge in [0.05, 0.1) is 23.5 Å². The fraction of sp³-hybridized carbons (Fsp3) is 0.500. The van der Waals surface area contributed by atoms with Crippen molar-refractivity contribution < 1.29 is 27.1 Å². The molecule has 124 valence electrons. The minimum absolute atomic E-state index is 0.0200. The molecule has 1 saturated carbocycles. The maximum Gasteiger partial charge on any atom is 0.391 e. The molecule has 0 bridgehead atoms. The molecule has 7 heteroatoms. The zero-order valence-electron chi connectivity index (χ0n) is 12.2. The summed E-state index contributed by atoms with van der Waals surface area (Å²) in [6.45, 7) is -0.395. The molecule has 1 aliphatic rings. The smallest absolute Gasteiger partial charge is 0.391 e. The Balaban J connectivity index is 1.96. The van der Waals surface area contributed by atoms with Gasteiger partial charge in [-0.15, -0.1) is 0 Å². The van der Waals surface area contributed by atoms with Gasteiger partial charge in [0.1, 0.15) is 12.4 Å². The predicted octanol–water partition coefficient (Wildman–Crippen LogP) is 4.11. The number of esters is 1. The highest BCUT2D eigenvalue weighted by atomic mass is 19.4. The van der Waals surface area contributed by atoms with Crippen LogP contribution in [0.25, 0.3) is 0 Å². The van der Waals surface area contributed by atoms with Crippen molar-refractivity contribution in [1.29, 1.82) is 5.26 Å². The third-order valence-electron chi connectivity index (χ3n) is 4.02. The lowest BCUT2D eigenvalue weighted by Gasteiger charge is -2.29. The van der Waals surface area contributed by atoms with Crippen LogP contribution in [-0.4, -0.2) is 12.1 Å². The molecule has 1 aromatic carbocycles. The second-order valence-corrected chi connectivity index (χ2v) is 5.63. The zero-order chi connectivity index (χ0) is 17.0. The van der Waals surface area contributed by atoms with Crippen molar-refractivity contribution in [3.63, 3.8) is 0 Å². The number of benzene rings is 1. The highest BCUT2D eigenvalue weighted by Crippen LogP contribution is 2.40. The van der Waals surface area contributed by atoms with Crippen LogP contribution in [-0.2, 0) is 16.1 Å². The van der Waals surface area contributed by atoms with Gasteiger partial charge >= 0.3 is 12.1 Å². The highest BCUT2D eigenvalue weighted by molar-refractivity contribution is 5.72. The number of carbonyl (C=O) groups excluding carboxylic acids is 1. The SMILES string of the molecule is N#Cc1ccc(F)c(COC(=O)C2CCCC(C(F)(F)F)C2)c1. The van der Waals surface area contributed by atoms with E-state index in [-0.39, 0.29) is 24.0 Å². The summed E-state index contributed by atoms with van der Waals surface area (Å²) in [7, 11) is 0. The zero-order valence-corrected chi connectivity index (χ0v) is 12.2. The molecule has 2 rings (SSSR count). The molecule has 0 aromatic heterocycles. The molecule has 3 nitrogen and oxygen atoms in total. The number of nitrogens with zero attached hydrogens (tertiary/aromatic N) is 1. The Hall–Kier alpha value is -2.10. The van der Waals surface area contributed by atoms with Crippen molar-refractivity contribution >= 4 is 5.97 Å². The summed E-state index contributed by atoms with van der Waals surface area (Å²) >= 11 is 0. The number of rotatable bonds is 3. The van der Waals surface area contributed by atoms with Crippen LogP contribution < -0.4 is 0 Å². The lowest BCUT2D eigenvalue weighted by Crippen LogP contribution is -2.32. The van der Waals surface area contributed by atoms with Crippen molar-refractivity contribution in [3.05, 3.63) is 35.1 Å². The van der Waals surface area contributed by atoms with Crippen molar-refractivity contribution in [2.75, 3.05) is 0 Å². The number of hydrogen-bond donors (Lipinski definition) is 0. The molecule has 1 fully saturated rings. The Labute approximate surface area is 130 Å². The summed E-state index contributed by atoms with van der Waals surface area (Å²) in [5.41, 5.74) is 0.243. The van der Waals surface area contributed by atoms with E-state index in [9.17, 15) is 22.4 Å². The standard InChI is InChI=1S/C16H15F4NO2/c17-14-5-4-10(8-21)6-12(14)9-23-15(22)11-2-1-3-13(7-11)16(18,19)20/h4-6,11,13H,1-3,7,9H2. The number of hydrogen-bond acceptors (Lipinski definition) is 3. The first-order valence-corrected chi connectivity index (χ1v) is 7.23. The van der Waals surface area contributed by atoms with Crippen LogP contribution in [0.5, 0.6) is 0 Å². The summed E-state index contributed by atoms with van der Waals surface area (Å²) in [5, 5.41) is 8.75. The monoisotopic (exact) mass is 329 g/mol. The van der Waals surface area contributed by atoms with Gasteiger partial charge in [0.2, 0.25) is 0 Å². The Morgan fingerprint density at radius 3 is 2.74 bits per heavy atom.